The topological polar surface area (TPSA) is 142 Å². The number of nitrogens with one attached hydrogen (secondary N) is 1. The molecular weight excluding hydrogens is 731 g/mol. The zero-order chi connectivity index (χ0) is 39.9. The number of nitrogens with zero attached hydrogens (tertiary/aromatic N) is 6. The number of pyridine rings is 1. The van der Waals surface area contributed by atoms with Crippen molar-refractivity contribution in [1.29, 1.82) is 5.26 Å². The number of aryl methyl sites for hydroxylation is 1. The smallest absolute Gasteiger partial charge is 0.265 e. The van der Waals surface area contributed by atoms with E-state index in [0.29, 0.717) is 55.5 Å². The van der Waals surface area contributed by atoms with Gasteiger partial charge in [-0.05, 0) is 79.8 Å². The maximum Gasteiger partial charge on any atom is 0.265 e. The first kappa shape index (κ1) is 40.2. The average Bonchev–Trinajstić information content (AvgIpc) is 3.73. The van der Waals surface area contributed by atoms with E-state index in [1.807, 2.05) is 63.4 Å². The SMILES string of the molecule is COc1cc(-c2cn(C)c(=O)c(C)c2C)cc(OC)c1CN1CCN(CC(=O)NCCOc2ccc3c(c2)C(C)N(C(=O)C(C#N)=Cc2nccs2)CC3)CC1. The van der Waals surface area contributed by atoms with Crippen LogP contribution in [0, 0.1) is 25.2 Å². The molecule has 0 radical (unpaired) electrons. The van der Waals surface area contributed by atoms with Crippen molar-refractivity contribution < 1.29 is 23.8 Å². The number of benzene rings is 2. The molecular formula is C42H49N7O6S. The molecule has 4 aromatic rings. The van der Waals surface area contributed by atoms with Gasteiger partial charge in [0.2, 0.25) is 5.91 Å². The van der Waals surface area contributed by atoms with Gasteiger partial charge in [0.25, 0.3) is 11.5 Å². The fourth-order valence-corrected chi connectivity index (χ4v) is 7.96. The number of carbonyl (C=O) groups excluding carboxylic acids is 2. The average molecular weight is 780 g/mol. The van der Waals surface area contributed by atoms with Gasteiger partial charge in [-0.3, -0.25) is 24.2 Å². The van der Waals surface area contributed by atoms with Gasteiger partial charge in [-0.15, -0.1) is 11.3 Å². The minimum atomic E-state index is -0.313. The van der Waals surface area contributed by atoms with Crippen LogP contribution in [0.1, 0.15) is 45.8 Å². The molecule has 2 aromatic heterocycles. The fraction of sp³-hybridized carbons (Fsp3) is 0.405. The van der Waals surface area contributed by atoms with Gasteiger partial charge < -0.3 is 29.0 Å². The number of amides is 2. The van der Waals surface area contributed by atoms with Crippen molar-refractivity contribution in [3.8, 4) is 34.4 Å². The summed E-state index contributed by atoms with van der Waals surface area (Å²) < 4.78 is 19.3. The number of carbonyl (C=O) groups is 2. The fourth-order valence-electron chi connectivity index (χ4n) is 7.39. The van der Waals surface area contributed by atoms with Gasteiger partial charge in [-0.2, -0.15) is 5.26 Å². The number of methoxy groups -OCH3 is 2. The van der Waals surface area contributed by atoms with Crippen molar-refractivity contribution in [3.05, 3.63) is 96.9 Å². The van der Waals surface area contributed by atoms with Gasteiger partial charge in [-0.25, -0.2) is 4.98 Å². The lowest BCUT2D eigenvalue weighted by Gasteiger charge is -2.35. The first-order valence-corrected chi connectivity index (χ1v) is 19.6. The second-order valence-corrected chi connectivity index (χ2v) is 15.1. The minimum Gasteiger partial charge on any atom is -0.496 e. The maximum atomic E-state index is 13.3. The Balaban J connectivity index is 0.968. The molecule has 2 aliphatic heterocycles. The lowest BCUT2D eigenvalue weighted by atomic mass is 9.92. The highest BCUT2D eigenvalue weighted by molar-refractivity contribution is 7.10. The number of hydrogen-bond donors (Lipinski definition) is 1. The Labute approximate surface area is 331 Å². The molecule has 0 spiro atoms. The Morgan fingerprint density at radius 1 is 1.04 bits per heavy atom. The molecule has 1 atom stereocenters. The predicted octanol–water partition coefficient (Wildman–Crippen LogP) is 4.51. The molecule has 0 saturated carbocycles. The number of thiazole rings is 1. The largest absolute Gasteiger partial charge is 0.496 e. The molecule has 14 heteroatoms. The molecule has 1 unspecified atom stereocenters. The highest BCUT2D eigenvalue weighted by Crippen LogP contribution is 2.37. The number of aromatic nitrogens is 2. The van der Waals surface area contributed by atoms with Crippen LogP contribution < -0.4 is 25.1 Å². The second-order valence-electron chi connectivity index (χ2n) is 14.1. The van der Waals surface area contributed by atoms with Crippen LogP contribution in [0.3, 0.4) is 0 Å². The van der Waals surface area contributed by atoms with Crippen LogP contribution >= 0.6 is 11.3 Å². The van der Waals surface area contributed by atoms with Gasteiger partial charge >= 0.3 is 0 Å². The van der Waals surface area contributed by atoms with Gasteiger partial charge in [0, 0.05) is 75.2 Å². The lowest BCUT2D eigenvalue weighted by molar-refractivity contribution is -0.129. The van der Waals surface area contributed by atoms with Gasteiger partial charge in [0.05, 0.1) is 38.9 Å². The highest BCUT2D eigenvalue weighted by Gasteiger charge is 2.30. The quantitative estimate of drug-likeness (QED) is 0.117. The summed E-state index contributed by atoms with van der Waals surface area (Å²) in [7, 11) is 5.08. The summed E-state index contributed by atoms with van der Waals surface area (Å²) in [5, 5.41) is 15.1. The van der Waals surface area contributed by atoms with Crippen molar-refractivity contribution in [3.63, 3.8) is 0 Å². The summed E-state index contributed by atoms with van der Waals surface area (Å²) in [5.41, 5.74) is 6.65. The third-order valence-electron chi connectivity index (χ3n) is 10.7. The molecule has 2 aromatic carbocycles. The molecule has 0 aliphatic carbocycles. The number of piperazine rings is 1. The third kappa shape index (κ3) is 8.97. The van der Waals surface area contributed by atoms with Crippen molar-refractivity contribution in [2.45, 2.75) is 39.8 Å². The molecule has 1 fully saturated rings. The Hall–Kier alpha value is -5.49. The molecule has 6 rings (SSSR count). The molecule has 294 valence electrons. The van der Waals surface area contributed by atoms with E-state index in [0.717, 1.165) is 71.1 Å². The Kier molecular flexibility index (Phi) is 12.9. The van der Waals surface area contributed by atoms with Crippen LogP contribution in [0.15, 0.2) is 58.5 Å². The Morgan fingerprint density at radius 3 is 2.41 bits per heavy atom. The number of nitriles is 1. The van der Waals surface area contributed by atoms with Crippen LogP contribution in [0.2, 0.25) is 0 Å². The summed E-state index contributed by atoms with van der Waals surface area (Å²) in [6.07, 6.45) is 5.72. The molecule has 0 bridgehead atoms. The molecule has 1 N–H and O–H groups in total. The molecule has 1 saturated heterocycles. The Morgan fingerprint density at radius 2 is 1.75 bits per heavy atom. The number of ether oxygens (including phenoxy) is 3. The van der Waals surface area contributed by atoms with Crippen molar-refractivity contribution in [2.75, 3.05) is 66.6 Å². The van der Waals surface area contributed by atoms with Crippen LogP contribution in [0.25, 0.3) is 17.2 Å². The van der Waals surface area contributed by atoms with E-state index in [2.05, 4.69) is 20.1 Å². The third-order valence-corrected chi connectivity index (χ3v) is 11.5. The molecule has 4 heterocycles. The summed E-state index contributed by atoms with van der Waals surface area (Å²) in [6, 6.07) is 11.7. The van der Waals surface area contributed by atoms with Crippen molar-refractivity contribution >= 4 is 29.2 Å². The van der Waals surface area contributed by atoms with E-state index in [4.69, 9.17) is 14.2 Å². The predicted molar refractivity (Wildman–Crippen MR) is 216 cm³/mol. The van der Waals surface area contributed by atoms with Gasteiger partial charge in [-0.1, -0.05) is 6.07 Å². The minimum absolute atomic E-state index is 0.0111. The van der Waals surface area contributed by atoms with Crippen LogP contribution in [0.5, 0.6) is 17.2 Å². The van der Waals surface area contributed by atoms with E-state index < -0.39 is 0 Å². The first-order valence-electron chi connectivity index (χ1n) is 18.7. The summed E-state index contributed by atoms with van der Waals surface area (Å²) >= 11 is 1.38. The van der Waals surface area contributed by atoms with E-state index >= 15 is 0 Å². The summed E-state index contributed by atoms with van der Waals surface area (Å²) in [6.45, 7) is 10.9. The standard InChI is InChI=1S/C42H49N7O6S/c1-27-28(2)41(51)46(4)24-35(27)31-19-37(53-5)36(38(20-31)54-6)25-47-13-15-48(16-14-47)26-39(50)44-10-17-55-33-8-7-30-9-12-49(29(3)34(30)22-33)42(52)32(23-43)21-40-45-11-18-56-40/h7-8,11,18-22,24,29H,9-10,12-17,25-26H2,1-6H3,(H,44,50). The van der Waals surface area contributed by atoms with Gasteiger partial charge in [0.15, 0.2) is 0 Å². The zero-order valence-corrected chi connectivity index (χ0v) is 33.7. The molecule has 13 nitrogen and oxygen atoms in total. The monoisotopic (exact) mass is 779 g/mol. The Bertz CT molecular complexity index is 2180. The van der Waals surface area contributed by atoms with Crippen molar-refractivity contribution in [2.24, 2.45) is 7.05 Å². The normalized spacial score (nSPS) is 16.2. The second kappa shape index (κ2) is 18.0. The molecule has 56 heavy (non-hydrogen) atoms. The van der Waals surface area contributed by atoms with E-state index in [-0.39, 0.29) is 29.0 Å². The highest BCUT2D eigenvalue weighted by atomic mass is 32.1. The van der Waals surface area contributed by atoms with E-state index in [9.17, 15) is 19.6 Å². The molecule has 2 aliphatic rings. The number of fused-ring (bicyclic) bond motifs is 1. The first-order chi connectivity index (χ1) is 27.0. The zero-order valence-electron chi connectivity index (χ0n) is 32.9. The number of rotatable bonds is 13. The lowest BCUT2D eigenvalue weighted by Crippen LogP contribution is -2.49. The number of hydrogen-bond acceptors (Lipinski definition) is 11. The van der Waals surface area contributed by atoms with Crippen molar-refractivity contribution in [1.82, 2.24) is 29.6 Å². The summed E-state index contributed by atoms with van der Waals surface area (Å²) in [5.74, 6) is 1.74. The molecule has 2 amide bonds. The van der Waals surface area contributed by atoms with Crippen LogP contribution in [0.4, 0.5) is 0 Å². The maximum absolute atomic E-state index is 13.3. The van der Waals surface area contributed by atoms with E-state index in [1.165, 1.54) is 11.3 Å². The van der Waals surface area contributed by atoms with Gasteiger partial charge in [0.1, 0.15) is 40.5 Å². The van der Waals surface area contributed by atoms with Crippen LogP contribution in [-0.2, 0) is 29.6 Å². The van der Waals surface area contributed by atoms with Crippen LogP contribution in [-0.4, -0.2) is 103 Å². The summed E-state index contributed by atoms with van der Waals surface area (Å²) in [4.78, 5) is 49.0. The van der Waals surface area contributed by atoms with E-state index in [1.54, 1.807) is 48.4 Å².